The standard InChI is InChI=1S/C10H14ClNO/c1-7-2-3-9(11)8(6-7)10(12)4-5-13/h2-3,6,10,13H,4-5,12H2,1H3. The maximum absolute atomic E-state index is 8.74. The van der Waals surface area contributed by atoms with E-state index in [1.807, 2.05) is 25.1 Å². The van der Waals surface area contributed by atoms with Crippen LogP contribution >= 0.6 is 11.6 Å². The molecule has 0 amide bonds. The zero-order chi connectivity index (χ0) is 9.84. The molecule has 2 nitrogen and oxygen atoms in total. The van der Waals surface area contributed by atoms with Gasteiger partial charge in [0.25, 0.3) is 0 Å². The van der Waals surface area contributed by atoms with Crippen molar-refractivity contribution in [1.29, 1.82) is 0 Å². The van der Waals surface area contributed by atoms with Gasteiger partial charge in [0.05, 0.1) is 0 Å². The summed E-state index contributed by atoms with van der Waals surface area (Å²) in [6.45, 7) is 2.08. The first-order valence-corrected chi connectivity index (χ1v) is 4.65. The van der Waals surface area contributed by atoms with Crippen LogP contribution in [-0.2, 0) is 0 Å². The molecule has 1 unspecified atom stereocenters. The third kappa shape index (κ3) is 2.69. The first-order chi connectivity index (χ1) is 6.15. The molecule has 3 heteroatoms. The summed E-state index contributed by atoms with van der Waals surface area (Å²) in [6.07, 6.45) is 0.545. The van der Waals surface area contributed by atoms with Crippen molar-refractivity contribution in [2.24, 2.45) is 5.73 Å². The molecule has 0 bridgehead atoms. The van der Waals surface area contributed by atoms with Crippen molar-refractivity contribution in [1.82, 2.24) is 0 Å². The Morgan fingerprint density at radius 2 is 2.23 bits per heavy atom. The summed E-state index contributed by atoms with van der Waals surface area (Å²) in [5.41, 5.74) is 7.88. The number of halogens is 1. The minimum absolute atomic E-state index is 0.0887. The van der Waals surface area contributed by atoms with Crippen LogP contribution in [-0.4, -0.2) is 11.7 Å². The molecule has 0 saturated carbocycles. The molecule has 0 aliphatic rings. The predicted octanol–water partition coefficient (Wildman–Crippen LogP) is 2.03. The monoisotopic (exact) mass is 199 g/mol. The first kappa shape index (κ1) is 10.5. The second-order valence-electron chi connectivity index (χ2n) is 3.14. The Kier molecular flexibility index (Phi) is 3.72. The van der Waals surface area contributed by atoms with E-state index < -0.39 is 0 Å². The van der Waals surface area contributed by atoms with Crippen LogP contribution in [0.15, 0.2) is 18.2 Å². The number of hydrogen-bond donors (Lipinski definition) is 2. The van der Waals surface area contributed by atoms with Crippen LogP contribution in [0.5, 0.6) is 0 Å². The fraction of sp³-hybridized carbons (Fsp3) is 0.400. The van der Waals surface area contributed by atoms with E-state index in [0.717, 1.165) is 11.1 Å². The Labute approximate surface area is 83.3 Å². The SMILES string of the molecule is Cc1ccc(Cl)c(C(N)CCO)c1. The molecular weight excluding hydrogens is 186 g/mol. The zero-order valence-corrected chi connectivity index (χ0v) is 8.38. The van der Waals surface area contributed by atoms with E-state index in [2.05, 4.69) is 0 Å². The summed E-state index contributed by atoms with van der Waals surface area (Å²) >= 11 is 5.97. The molecular formula is C10H14ClNO. The minimum atomic E-state index is -0.169. The summed E-state index contributed by atoms with van der Waals surface area (Å²) in [5.74, 6) is 0. The van der Waals surface area contributed by atoms with E-state index in [-0.39, 0.29) is 12.6 Å². The number of hydrogen-bond acceptors (Lipinski definition) is 2. The Bertz CT molecular complexity index is 288. The molecule has 0 spiro atoms. The average Bonchev–Trinajstić information content (AvgIpc) is 2.09. The molecule has 0 aliphatic carbocycles. The second-order valence-corrected chi connectivity index (χ2v) is 3.55. The molecule has 0 fully saturated rings. The number of rotatable bonds is 3. The van der Waals surface area contributed by atoms with Gasteiger partial charge in [-0.1, -0.05) is 29.3 Å². The van der Waals surface area contributed by atoms with E-state index in [4.69, 9.17) is 22.4 Å². The topological polar surface area (TPSA) is 46.2 Å². The van der Waals surface area contributed by atoms with Crippen LogP contribution < -0.4 is 5.73 Å². The van der Waals surface area contributed by atoms with Gasteiger partial charge in [-0.25, -0.2) is 0 Å². The van der Waals surface area contributed by atoms with Gasteiger partial charge in [-0.15, -0.1) is 0 Å². The van der Waals surface area contributed by atoms with Gasteiger partial charge < -0.3 is 10.8 Å². The smallest absolute Gasteiger partial charge is 0.0453 e. The highest BCUT2D eigenvalue weighted by Crippen LogP contribution is 2.24. The van der Waals surface area contributed by atoms with E-state index in [9.17, 15) is 0 Å². The van der Waals surface area contributed by atoms with Crippen LogP contribution in [0.4, 0.5) is 0 Å². The van der Waals surface area contributed by atoms with Gasteiger partial charge in [0, 0.05) is 17.7 Å². The molecule has 72 valence electrons. The lowest BCUT2D eigenvalue weighted by Crippen LogP contribution is -2.12. The molecule has 0 saturated heterocycles. The van der Waals surface area contributed by atoms with Gasteiger partial charge >= 0.3 is 0 Å². The van der Waals surface area contributed by atoms with Crippen molar-refractivity contribution in [2.45, 2.75) is 19.4 Å². The summed E-state index contributed by atoms with van der Waals surface area (Å²) in [5, 5.41) is 9.41. The highest BCUT2D eigenvalue weighted by Gasteiger charge is 2.09. The Morgan fingerprint density at radius 3 is 2.85 bits per heavy atom. The lowest BCUT2D eigenvalue weighted by molar-refractivity contribution is 0.276. The molecule has 1 atom stereocenters. The van der Waals surface area contributed by atoms with Crippen LogP contribution in [0, 0.1) is 6.92 Å². The Morgan fingerprint density at radius 1 is 1.54 bits per heavy atom. The molecule has 0 aliphatic heterocycles. The number of aryl methyl sites for hydroxylation is 1. The maximum atomic E-state index is 8.74. The van der Waals surface area contributed by atoms with Crippen molar-refractivity contribution >= 4 is 11.6 Å². The van der Waals surface area contributed by atoms with Gasteiger partial charge in [0.2, 0.25) is 0 Å². The first-order valence-electron chi connectivity index (χ1n) is 4.27. The largest absolute Gasteiger partial charge is 0.396 e. The summed E-state index contributed by atoms with van der Waals surface area (Å²) in [7, 11) is 0. The van der Waals surface area contributed by atoms with Crippen LogP contribution in [0.1, 0.15) is 23.6 Å². The molecule has 1 rings (SSSR count). The third-order valence-electron chi connectivity index (χ3n) is 1.99. The van der Waals surface area contributed by atoms with E-state index in [1.54, 1.807) is 0 Å². The average molecular weight is 200 g/mol. The third-order valence-corrected chi connectivity index (χ3v) is 2.34. The van der Waals surface area contributed by atoms with Crippen molar-refractivity contribution < 1.29 is 5.11 Å². The highest BCUT2D eigenvalue weighted by molar-refractivity contribution is 6.31. The van der Waals surface area contributed by atoms with E-state index >= 15 is 0 Å². The molecule has 0 aromatic heterocycles. The number of aliphatic hydroxyl groups is 1. The molecule has 13 heavy (non-hydrogen) atoms. The van der Waals surface area contributed by atoms with Gasteiger partial charge in [0.1, 0.15) is 0 Å². The van der Waals surface area contributed by atoms with Gasteiger partial charge in [0.15, 0.2) is 0 Å². The highest BCUT2D eigenvalue weighted by atomic mass is 35.5. The minimum Gasteiger partial charge on any atom is -0.396 e. The molecule has 1 aromatic rings. The van der Waals surface area contributed by atoms with Gasteiger partial charge in [-0.2, -0.15) is 0 Å². The lowest BCUT2D eigenvalue weighted by atomic mass is 10.0. The molecule has 0 heterocycles. The Hall–Kier alpha value is -0.570. The molecule has 0 radical (unpaired) electrons. The molecule has 3 N–H and O–H groups in total. The van der Waals surface area contributed by atoms with Gasteiger partial charge in [-0.3, -0.25) is 0 Å². The molecule has 1 aromatic carbocycles. The number of nitrogens with two attached hydrogens (primary N) is 1. The van der Waals surface area contributed by atoms with E-state index in [1.165, 1.54) is 0 Å². The van der Waals surface area contributed by atoms with Crippen molar-refractivity contribution in [3.8, 4) is 0 Å². The number of aliphatic hydroxyl groups excluding tert-OH is 1. The fourth-order valence-electron chi connectivity index (χ4n) is 1.24. The quantitative estimate of drug-likeness (QED) is 0.783. The van der Waals surface area contributed by atoms with Crippen molar-refractivity contribution in [3.63, 3.8) is 0 Å². The van der Waals surface area contributed by atoms with E-state index in [0.29, 0.717) is 11.4 Å². The van der Waals surface area contributed by atoms with Crippen LogP contribution in [0.3, 0.4) is 0 Å². The summed E-state index contributed by atoms with van der Waals surface area (Å²) in [6, 6.07) is 5.57. The Balaban J connectivity index is 2.91. The zero-order valence-electron chi connectivity index (χ0n) is 7.63. The number of benzene rings is 1. The van der Waals surface area contributed by atoms with Crippen molar-refractivity contribution in [3.05, 3.63) is 34.3 Å². The maximum Gasteiger partial charge on any atom is 0.0453 e. The van der Waals surface area contributed by atoms with Crippen LogP contribution in [0.25, 0.3) is 0 Å². The summed E-state index contributed by atoms with van der Waals surface area (Å²) in [4.78, 5) is 0. The summed E-state index contributed by atoms with van der Waals surface area (Å²) < 4.78 is 0. The van der Waals surface area contributed by atoms with Crippen LogP contribution in [0.2, 0.25) is 5.02 Å². The predicted molar refractivity (Wildman–Crippen MR) is 54.8 cm³/mol. The normalized spacial score (nSPS) is 12.9. The van der Waals surface area contributed by atoms with Gasteiger partial charge in [-0.05, 0) is 25.0 Å². The lowest BCUT2D eigenvalue weighted by Gasteiger charge is -2.12. The fourth-order valence-corrected chi connectivity index (χ4v) is 1.50. The van der Waals surface area contributed by atoms with Crippen molar-refractivity contribution in [2.75, 3.05) is 6.61 Å². The second kappa shape index (κ2) is 4.61.